The number of carbonyl (C=O) groups excluding carboxylic acids is 1. The van der Waals surface area contributed by atoms with E-state index in [4.69, 9.17) is 19.3 Å². The molecule has 31 heavy (non-hydrogen) atoms. The minimum atomic E-state index is -0.422. The van der Waals surface area contributed by atoms with Crippen molar-refractivity contribution in [3.05, 3.63) is 59.7 Å². The van der Waals surface area contributed by atoms with Crippen LogP contribution in [0.4, 0.5) is 0 Å². The second-order valence-electron chi connectivity index (χ2n) is 6.77. The van der Waals surface area contributed by atoms with Gasteiger partial charge in [0.2, 0.25) is 5.91 Å². The number of aromatic hydroxyl groups is 2. The van der Waals surface area contributed by atoms with E-state index in [9.17, 15) is 15.0 Å². The Morgan fingerprint density at radius 2 is 1.84 bits per heavy atom. The number of hydrogen-bond acceptors (Lipinski definition) is 7. The molecule has 0 aliphatic heterocycles. The minimum Gasteiger partial charge on any atom is -0.508 e. The van der Waals surface area contributed by atoms with Crippen LogP contribution < -0.4 is 4.74 Å². The van der Waals surface area contributed by atoms with E-state index in [0.717, 1.165) is 5.56 Å². The van der Waals surface area contributed by atoms with Crippen molar-refractivity contribution in [2.75, 3.05) is 47.1 Å². The zero-order valence-electron chi connectivity index (χ0n) is 17.7. The summed E-state index contributed by atoms with van der Waals surface area (Å²) >= 11 is 0. The van der Waals surface area contributed by atoms with Gasteiger partial charge < -0.3 is 34.4 Å². The summed E-state index contributed by atoms with van der Waals surface area (Å²) in [6, 6.07) is 11.4. The molecular weight excluding hydrogens is 402 g/mol. The second-order valence-corrected chi connectivity index (χ2v) is 6.77. The molecule has 0 bridgehead atoms. The Kier molecular flexibility index (Phi) is 9.83. The zero-order valence-corrected chi connectivity index (χ0v) is 17.7. The number of hydrogen-bond donors (Lipinski definition) is 3. The summed E-state index contributed by atoms with van der Waals surface area (Å²) in [4.78, 5) is 14.1. The summed E-state index contributed by atoms with van der Waals surface area (Å²) in [7, 11) is 3.13. The van der Waals surface area contributed by atoms with Crippen molar-refractivity contribution in [3.8, 4) is 17.2 Å². The maximum absolute atomic E-state index is 12.6. The number of aliphatic hydroxyl groups is 1. The molecule has 2 rings (SSSR count). The quantitative estimate of drug-likeness (QED) is 0.350. The van der Waals surface area contributed by atoms with Gasteiger partial charge in [-0.1, -0.05) is 18.2 Å². The van der Waals surface area contributed by atoms with Crippen LogP contribution in [-0.2, 0) is 14.3 Å². The van der Waals surface area contributed by atoms with Crippen molar-refractivity contribution in [1.82, 2.24) is 4.90 Å². The summed E-state index contributed by atoms with van der Waals surface area (Å²) in [5.74, 6) is 0.272. The predicted molar refractivity (Wildman–Crippen MR) is 116 cm³/mol. The Bertz CT molecular complexity index is 852. The molecule has 0 fully saturated rings. The summed E-state index contributed by atoms with van der Waals surface area (Å²) in [5.41, 5.74) is 1.52. The van der Waals surface area contributed by atoms with Gasteiger partial charge in [-0.3, -0.25) is 4.79 Å². The molecule has 0 saturated heterocycles. The fraction of sp³-hybridized carbons (Fsp3) is 0.348. The van der Waals surface area contributed by atoms with Crippen molar-refractivity contribution in [1.29, 1.82) is 0 Å². The number of phenols is 2. The first-order chi connectivity index (χ1) is 14.9. The van der Waals surface area contributed by atoms with Crippen molar-refractivity contribution < 1.29 is 34.3 Å². The van der Waals surface area contributed by atoms with Crippen LogP contribution in [0.5, 0.6) is 17.2 Å². The molecule has 0 radical (unpaired) electrons. The van der Waals surface area contributed by atoms with E-state index in [1.54, 1.807) is 49.5 Å². The van der Waals surface area contributed by atoms with Crippen LogP contribution in [0, 0.1) is 0 Å². The average molecular weight is 431 g/mol. The van der Waals surface area contributed by atoms with Gasteiger partial charge in [0.1, 0.15) is 11.9 Å². The monoisotopic (exact) mass is 431 g/mol. The van der Waals surface area contributed by atoms with E-state index >= 15 is 0 Å². The van der Waals surface area contributed by atoms with Crippen LogP contribution >= 0.6 is 0 Å². The zero-order chi connectivity index (χ0) is 22.6. The SMILES string of the molecule is COc1cc(/C=C/C(=O)N(C)CC(OCCOCCO)c2ccc(O)cc2)ccc1O. The standard InChI is InChI=1S/C23H29NO7/c1-24(23(28)10-4-17-3-9-20(27)21(15-17)29-2)16-22(31-14-13-30-12-11-25)18-5-7-19(26)8-6-18/h3-10,15,22,25-27H,11-14,16H2,1-2H3/b10-4+. The molecule has 0 spiro atoms. The van der Waals surface area contributed by atoms with Crippen molar-refractivity contribution in [3.63, 3.8) is 0 Å². The number of methoxy groups -OCH3 is 1. The third kappa shape index (κ3) is 7.93. The van der Waals surface area contributed by atoms with E-state index in [-0.39, 0.29) is 43.8 Å². The maximum Gasteiger partial charge on any atom is 0.246 e. The number of rotatable bonds is 12. The largest absolute Gasteiger partial charge is 0.508 e. The molecule has 0 aliphatic rings. The Morgan fingerprint density at radius 3 is 2.52 bits per heavy atom. The number of phenolic OH excluding ortho intramolecular Hbond substituents is 2. The number of benzene rings is 2. The average Bonchev–Trinajstić information content (AvgIpc) is 2.77. The summed E-state index contributed by atoms with van der Waals surface area (Å²) < 4.78 is 16.2. The van der Waals surface area contributed by atoms with Gasteiger partial charge in [-0.05, 0) is 41.5 Å². The van der Waals surface area contributed by atoms with E-state index in [2.05, 4.69) is 0 Å². The molecule has 8 nitrogen and oxygen atoms in total. The summed E-state index contributed by atoms with van der Waals surface area (Å²) in [5, 5.41) is 28.0. The minimum absolute atomic E-state index is 0.0277. The van der Waals surface area contributed by atoms with Crippen LogP contribution in [0.15, 0.2) is 48.5 Å². The third-order valence-electron chi connectivity index (χ3n) is 4.49. The molecule has 2 aromatic rings. The van der Waals surface area contributed by atoms with Gasteiger partial charge in [0.25, 0.3) is 0 Å². The van der Waals surface area contributed by atoms with Gasteiger partial charge in [0.15, 0.2) is 11.5 Å². The topological polar surface area (TPSA) is 109 Å². The third-order valence-corrected chi connectivity index (χ3v) is 4.49. The first-order valence-corrected chi connectivity index (χ1v) is 9.84. The van der Waals surface area contributed by atoms with Crippen molar-refractivity contribution in [2.24, 2.45) is 0 Å². The first-order valence-electron chi connectivity index (χ1n) is 9.84. The molecule has 8 heteroatoms. The fourth-order valence-electron chi connectivity index (χ4n) is 2.79. The van der Waals surface area contributed by atoms with E-state index in [1.165, 1.54) is 24.2 Å². The van der Waals surface area contributed by atoms with Gasteiger partial charge >= 0.3 is 0 Å². The van der Waals surface area contributed by atoms with Crippen LogP contribution in [-0.4, -0.2) is 73.3 Å². The molecule has 168 valence electrons. The Hall–Kier alpha value is -3.07. The lowest BCUT2D eigenvalue weighted by atomic mass is 10.1. The highest BCUT2D eigenvalue weighted by molar-refractivity contribution is 5.91. The second kappa shape index (κ2) is 12.6. The number of carbonyl (C=O) groups is 1. The van der Waals surface area contributed by atoms with Crippen LogP contribution in [0.2, 0.25) is 0 Å². The number of aliphatic hydroxyl groups excluding tert-OH is 1. The van der Waals surface area contributed by atoms with Gasteiger partial charge in [0, 0.05) is 13.1 Å². The Labute approximate surface area is 181 Å². The van der Waals surface area contributed by atoms with E-state index in [0.29, 0.717) is 17.9 Å². The van der Waals surface area contributed by atoms with Crippen molar-refractivity contribution >= 4 is 12.0 Å². The predicted octanol–water partition coefficient (Wildman–Crippen LogP) is 2.34. The Balaban J connectivity index is 2.02. The van der Waals surface area contributed by atoms with Crippen LogP contribution in [0.3, 0.4) is 0 Å². The van der Waals surface area contributed by atoms with Gasteiger partial charge in [0.05, 0.1) is 40.1 Å². The normalized spacial score (nSPS) is 12.1. The molecule has 1 amide bonds. The molecule has 2 aromatic carbocycles. The van der Waals surface area contributed by atoms with Gasteiger partial charge in [-0.15, -0.1) is 0 Å². The van der Waals surface area contributed by atoms with Crippen LogP contribution in [0.1, 0.15) is 17.2 Å². The molecule has 1 atom stereocenters. The first kappa shape index (κ1) is 24.2. The lowest BCUT2D eigenvalue weighted by molar-refractivity contribution is -0.126. The maximum atomic E-state index is 12.6. The van der Waals surface area contributed by atoms with Crippen LogP contribution in [0.25, 0.3) is 6.08 Å². The number of ether oxygens (including phenoxy) is 3. The molecule has 0 aliphatic carbocycles. The number of amides is 1. The number of likely N-dealkylation sites (N-methyl/N-ethyl adjacent to an activating group) is 1. The highest BCUT2D eigenvalue weighted by Gasteiger charge is 2.17. The molecule has 3 N–H and O–H groups in total. The van der Waals surface area contributed by atoms with Crippen molar-refractivity contribution in [2.45, 2.75) is 6.10 Å². The highest BCUT2D eigenvalue weighted by atomic mass is 16.5. The smallest absolute Gasteiger partial charge is 0.246 e. The molecular formula is C23H29NO7. The molecule has 0 aromatic heterocycles. The summed E-state index contributed by atoms with van der Waals surface area (Å²) in [6.45, 7) is 1.06. The van der Waals surface area contributed by atoms with E-state index < -0.39 is 6.10 Å². The van der Waals surface area contributed by atoms with Gasteiger partial charge in [-0.25, -0.2) is 0 Å². The lowest BCUT2D eigenvalue weighted by Crippen LogP contribution is -2.31. The number of nitrogens with zero attached hydrogens (tertiary/aromatic N) is 1. The van der Waals surface area contributed by atoms with Gasteiger partial charge in [-0.2, -0.15) is 0 Å². The van der Waals surface area contributed by atoms with E-state index in [1.807, 2.05) is 0 Å². The molecule has 0 saturated carbocycles. The summed E-state index contributed by atoms with van der Waals surface area (Å²) in [6.07, 6.45) is 2.65. The Morgan fingerprint density at radius 1 is 1.10 bits per heavy atom. The fourth-order valence-corrected chi connectivity index (χ4v) is 2.79. The lowest BCUT2D eigenvalue weighted by Gasteiger charge is -2.24. The molecule has 1 unspecified atom stereocenters. The molecule has 0 heterocycles. The highest BCUT2D eigenvalue weighted by Crippen LogP contribution is 2.27.